The number of rotatable bonds is 1. The molecule has 110 valence electrons. The molecule has 1 unspecified atom stereocenters. The Kier molecular flexibility index (Phi) is 3.42. The smallest absolute Gasteiger partial charge is 0.256 e. The molecule has 1 N–H and O–H groups in total. The number of piperidine rings is 1. The number of fused-ring (bicyclic) bond motifs is 1. The molecule has 2 aliphatic rings. The highest BCUT2D eigenvalue weighted by Crippen LogP contribution is 2.33. The van der Waals surface area contributed by atoms with E-state index in [1.165, 1.54) is 4.90 Å². The van der Waals surface area contributed by atoms with Crippen LogP contribution in [0.15, 0.2) is 6.07 Å². The van der Waals surface area contributed by atoms with Gasteiger partial charge in [0.05, 0.1) is 15.7 Å². The third-order valence-electron chi connectivity index (χ3n) is 3.66. The molecular weight excluding hydrogens is 397 g/mol. The van der Waals surface area contributed by atoms with Crippen molar-refractivity contribution >= 4 is 40.3 Å². The van der Waals surface area contributed by atoms with Gasteiger partial charge in [0.25, 0.3) is 5.91 Å². The molecule has 3 rings (SSSR count). The van der Waals surface area contributed by atoms with E-state index in [0.29, 0.717) is 0 Å². The molecule has 0 aliphatic carbocycles. The molecule has 1 saturated heterocycles. The van der Waals surface area contributed by atoms with Crippen LogP contribution in [0.25, 0.3) is 0 Å². The molecule has 21 heavy (non-hydrogen) atoms. The predicted molar refractivity (Wildman–Crippen MR) is 75.1 cm³/mol. The molecule has 2 aliphatic heterocycles. The van der Waals surface area contributed by atoms with Gasteiger partial charge < -0.3 is 4.90 Å². The van der Waals surface area contributed by atoms with Crippen molar-refractivity contribution in [1.82, 2.24) is 10.2 Å². The van der Waals surface area contributed by atoms with Crippen molar-refractivity contribution in [2.45, 2.75) is 25.4 Å². The Bertz CT molecular complexity index is 692. The SMILES string of the molecule is O=C1CCC(N2Cc3c(F)cc(F)c(I)c3C2=O)C(=O)N1. The second kappa shape index (κ2) is 5.00. The van der Waals surface area contributed by atoms with E-state index in [0.717, 1.165) is 6.07 Å². The molecule has 1 fully saturated rings. The third-order valence-corrected chi connectivity index (χ3v) is 4.72. The van der Waals surface area contributed by atoms with Crippen LogP contribution in [0.4, 0.5) is 8.78 Å². The fraction of sp³-hybridized carbons (Fsp3) is 0.308. The molecule has 0 bridgehead atoms. The van der Waals surface area contributed by atoms with Crippen LogP contribution in [0.1, 0.15) is 28.8 Å². The lowest BCUT2D eigenvalue weighted by molar-refractivity contribution is -0.136. The molecule has 1 atom stereocenters. The highest BCUT2D eigenvalue weighted by Gasteiger charge is 2.41. The van der Waals surface area contributed by atoms with Gasteiger partial charge in [0, 0.05) is 18.1 Å². The number of nitrogens with one attached hydrogen (secondary N) is 1. The van der Waals surface area contributed by atoms with Crippen molar-refractivity contribution in [3.63, 3.8) is 0 Å². The first-order valence-corrected chi connectivity index (χ1v) is 7.29. The number of amides is 3. The minimum absolute atomic E-state index is 0.0298. The molecule has 0 saturated carbocycles. The van der Waals surface area contributed by atoms with E-state index in [-0.39, 0.29) is 34.1 Å². The summed E-state index contributed by atoms with van der Waals surface area (Å²) in [6.07, 6.45) is 0.301. The van der Waals surface area contributed by atoms with Gasteiger partial charge in [-0.2, -0.15) is 0 Å². The monoisotopic (exact) mass is 406 g/mol. The number of halogens is 3. The van der Waals surface area contributed by atoms with Gasteiger partial charge in [0.2, 0.25) is 11.8 Å². The van der Waals surface area contributed by atoms with Gasteiger partial charge in [0.1, 0.15) is 17.7 Å². The summed E-state index contributed by atoms with van der Waals surface area (Å²) in [6, 6.07) is -0.0946. The highest BCUT2D eigenvalue weighted by molar-refractivity contribution is 14.1. The lowest BCUT2D eigenvalue weighted by Crippen LogP contribution is -2.52. The number of carbonyl (C=O) groups is 3. The molecule has 1 aromatic carbocycles. The minimum atomic E-state index is -0.833. The van der Waals surface area contributed by atoms with Crippen molar-refractivity contribution in [3.05, 3.63) is 32.4 Å². The Labute approximate surface area is 131 Å². The van der Waals surface area contributed by atoms with Crippen LogP contribution in [0.3, 0.4) is 0 Å². The molecular formula is C13H9F2IN2O3. The minimum Gasteiger partial charge on any atom is -0.322 e. The van der Waals surface area contributed by atoms with E-state index in [9.17, 15) is 23.2 Å². The summed E-state index contributed by atoms with van der Waals surface area (Å²) in [4.78, 5) is 36.5. The molecule has 3 amide bonds. The van der Waals surface area contributed by atoms with Crippen molar-refractivity contribution in [2.75, 3.05) is 0 Å². The first-order valence-electron chi connectivity index (χ1n) is 6.21. The van der Waals surface area contributed by atoms with Crippen molar-refractivity contribution in [3.8, 4) is 0 Å². The Morgan fingerprint density at radius 3 is 2.62 bits per heavy atom. The summed E-state index contributed by atoms with van der Waals surface area (Å²) in [5.74, 6) is -3.16. The Morgan fingerprint density at radius 1 is 1.24 bits per heavy atom. The van der Waals surface area contributed by atoms with Crippen LogP contribution in [0, 0.1) is 15.2 Å². The Hall–Kier alpha value is -1.58. The highest BCUT2D eigenvalue weighted by atomic mass is 127. The van der Waals surface area contributed by atoms with Gasteiger partial charge in [-0.1, -0.05) is 0 Å². The zero-order valence-corrected chi connectivity index (χ0v) is 12.7. The first kappa shape index (κ1) is 14.4. The maximum Gasteiger partial charge on any atom is 0.256 e. The van der Waals surface area contributed by atoms with E-state index in [1.54, 1.807) is 22.6 Å². The molecule has 1 aromatic rings. The fourth-order valence-corrected chi connectivity index (χ4v) is 3.34. The summed E-state index contributed by atoms with van der Waals surface area (Å²) >= 11 is 1.65. The number of hydrogen-bond donors (Lipinski definition) is 1. The maximum atomic E-state index is 13.8. The largest absolute Gasteiger partial charge is 0.322 e. The lowest BCUT2D eigenvalue weighted by Gasteiger charge is -2.29. The number of nitrogens with zero attached hydrogens (tertiary/aromatic N) is 1. The standard InChI is InChI=1S/C13H9F2IN2O3/c14-6-3-7(15)11(16)10-5(6)4-18(13(10)21)8-1-2-9(19)17-12(8)20/h3,8H,1-2,4H2,(H,17,19,20). The normalized spacial score (nSPS) is 21.6. The van der Waals surface area contributed by atoms with Gasteiger partial charge in [-0.05, 0) is 29.0 Å². The zero-order chi connectivity index (χ0) is 15.3. The van der Waals surface area contributed by atoms with Crippen molar-refractivity contribution in [2.24, 2.45) is 0 Å². The van der Waals surface area contributed by atoms with Crippen LogP contribution in [-0.2, 0) is 16.1 Å². The van der Waals surface area contributed by atoms with Crippen LogP contribution >= 0.6 is 22.6 Å². The Balaban J connectivity index is 1.98. The summed E-state index contributed by atoms with van der Waals surface area (Å²) < 4.78 is 27.4. The maximum absolute atomic E-state index is 13.8. The summed E-state index contributed by atoms with van der Waals surface area (Å²) in [5.41, 5.74) is 0.0632. The van der Waals surface area contributed by atoms with Crippen molar-refractivity contribution in [1.29, 1.82) is 0 Å². The summed E-state index contributed by atoms with van der Waals surface area (Å²) in [5, 5.41) is 2.15. The number of hydrogen-bond acceptors (Lipinski definition) is 3. The average molecular weight is 406 g/mol. The van der Waals surface area contributed by atoms with Gasteiger partial charge in [-0.15, -0.1) is 0 Å². The van der Waals surface area contributed by atoms with Crippen LogP contribution in [0.5, 0.6) is 0 Å². The molecule has 0 radical (unpaired) electrons. The van der Waals surface area contributed by atoms with Gasteiger partial charge in [-0.3, -0.25) is 19.7 Å². The first-order chi connectivity index (χ1) is 9.90. The van der Waals surface area contributed by atoms with Gasteiger partial charge in [-0.25, -0.2) is 8.78 Å². The number of imide groups is 1. The Morgan fingerprint density at radius 2 is 1.95 bits per heavy atom. The quantitative estimate of drug-likeness (QED) is 0.435. The fourth-order valence-electron chi connectivity index (χ4n) is 2.63. The van der Waals surface area contributed by atoms with Crippen molar-refractivity contribution < 1.29 is 23.2 Å². The third kappa shape index (κ3) is 2.21. The number of benzene rings is 1. The van der Waals surface area contributed by atoms with Crippen LogP contribution < -0.4 is 5.32 Å². The number of carbonyl (C=O) groups excluding carboxylic acids is 3. The second-order valence-corrected chi connectivity index (χ2v) is 5.99. The van der Waals surface area contributed by atoms with Crippen LogP contribution in [0.2, 0.25) is 0 Å². The van der Waals surface area contributed by atoms with E-state index in [2.05, 4.69) is 5.32 Å². The van der Waals surface area contributed by atoms with Gasteiger partial charge >= 0.3 is 0 Å². The summed E-state index contributed by atoms with van der Waals surface area (Å²) in [6.45, 7) is -0.0947. The van der Waals surface area contributed by atoms with Crippen LogP contribution in [-0.4, -0.2) is 28.7 Å². The topological polar surface area (TPSA) is 66.5 Å². The average Bonchev–Trinajstić information content (AvgIpc) is 2.75. The molecule has 8 heteroatoms. The second-order valence-electron chi connectivity index (χ2n) is 4.91. The molecule has 5 nitrogen and oxygen atoms in total. The van der Waals surface area contributed by atoms with E-state index < -0.39 is 35.4 Å². The van der Waals surface area contributed by atoms with Gasteiger partial charge in [0.15, 0.2) is 0 Å². The lowest BCUT2D eigenvalue weighted by atomic mass is 10.0. The molecule has 0 spiro atoms. The molecule has 0 aromatic heterocycles. The zero-order valence-electron chi connectivity index (χ0n) is 10.6. The van der Waals surface area contributed by atoms with E-state index in [4.69, 9.17) is 0 Å². The van der Waals surface area contributed by atoms with E-state index >= 15 is 0 Å². The summed E-state index contributed by atoms with van der Waals surface area (Å²) in [7, 11) is 0. The van der Waals surface area contributed by atoms with E-state index in [1.807, 2.05) is 0 Å². The molecule has 2 heterocycles. The predicted octanol–water partition coefficient (Wildman–Crippen LogP) is 1.33.